The Bertz CT molecular complexity index is 480. The fraction of sp³-hybridized carbons (Fsp3) is 0.273. The highest BCUT2D eigenvalue weighted by Crippen LogP contribution is 2.22. The number of nitrogen functional groups attached to an aromatic ring is 1. The maximum Gasteiger partial charge on any atom is 0.259 e. The Kier molecular flexibility index (Phi) is 3.88. The van der Waals surface area contributed by atoms with Gasteiger partial charge in [-0.3, -0.25) is 4.79 Å². The van der Waals surface area contributed by atoms with Crippen molar-refractivity contribution in [2.75, 3.05) is 26.4 Å². The number of rotatable bonds is 3. The lowest BCUT2D eigenvalue weighted by atomic mass is 10.2. The van der Waals surface area contributed by atoms with Crippen LogP contribution >= 0.6 is 0 Å². The van der Waals surface area contributed by atoms with Crippen molar-refractivity contribution in [3.05, 3.63) is 23.5 Å². The fourth-order valence-electron chi connectivity index (χ4n) is 1.04. The van der Waals surface area contributed by atoms with Gasteiger partial charge in [0.2, 0.25) is 0 Å². The van der Waals surface area contributed by atoms with E-state index in [0.717, 1.165) is 6.07 Å². The van der Waals surface area contributed by atoms with Gasteiger partial charge in [-0.2, -0.15) is 5.26 Å². The second-order valence-electron chi connectivity index (χ2n) is 3.55. The van der Waals surface area contributed by atoms with Crippen LogP contribution in [0.3, 0.4) is 0 Å². The highest BCUT2D eigenvalue weighted by Gasteiger charge is 2.10. The highest BCUT2D eigenvalue weighted by atomic mass is 19.1. The van der Waals surface area contributed by atoms with Crippen LogP contribution in [0.1, 0.15) is 5.56 Å². The molecule has 0 atom stereocenters. The lowest BCUT2D eigenvalue weighted by molar-refractivity contribution is -0.130. The van der Waals surface area contributed by atoms with E-state index < -0.39 is 5.82 Å². The van der Waals surface area contributed by atoms with E-state index in [4.69, 9.17) is 15.7 Å². The van der Waals surface area contributed by atoms with Crippen molar-refractivity contribution in [1.82, 2.24) is 4.90 Å². The molecule has 0 aromatic heterocycles. The van der Waals surface area contributed by atoms with Gasteiger partial charge in [0, 0.05) is 26.2 Å². The molecule has 0 saturated heterocycles. The Labute approximate surface area is 98.2 Å². The number of nitrogens with two attached hydrogens (primary N) is 1. The Morgan fingerprint density at radius 3 is 2.76 bits per heavy atom. The van der Waals surface area contributed by atoms with Crippen LogP contribution < -0.4 is 10.5 Å². The molecule has 0 aliphatic rings. The predicted octanol–water partition coefficient (Wildman–Crippen LogP) is 0.747. The zero-order valence-corrected chi connectivity index (χ0v) is 9.53. The van der Waals surface area contributed by atoms with Gasteiger partial charge in [-0.05, 0) is 0 Å². The van der Waals surface area contributed by atoms with E-state index >= 15 is 0 Å². The number of hydrogen-bond acceptors (Lipinski definition) is 4. The molecule has 0 aliphatic heterocycles. The minimum Gasteiger partial charge on any atom is -0.484 e. The van der Waals surface area contributed by atoms with Gasteiger partial charge in [0.1, 0.15) is 11.8 Å². The number of nitriles is 1. The van der Waals surface area contributed by atoms with Gasteiger partial charge in [0.25, 0.3) is 5.91 Å². The summed E-state index contributed by atoms with van der Waals surface area (Å²) in [5.74, 6) is -0.902. The third-order valence-corrected chi connectivity index (χ3v) is 2.08. The van der Waals surface area contributed by atoms with Crippen molar-refractivity contribution in [2.45, 2.75) is 0 Å². The highest BCUT2D eigenvalue weighted by molar-refractivity contribution is 5.77. The molecule has 17 heavy (non-hydrogen) atoms. The van der Waals surface area contributed by atoms with Crippen LogP contribution in [0.15, 0.2) is 12.1 Å². The van der Waals surface area contributed by atoms with Gasteiger partial charge >= 0.3 is 0 Å². The average molecular weight is 237 g/mol. The summed E-state index contributed by atoms with van der Waals surface area (Å²) in [7, 11) is 3.16. The van der Waals surface area contributed by atoms with Gasteiger partial charge in [-0.15, -0.1) is 0 Å². The molecular formula is C11H12FN3O2. The topological polar surface area (TPSA) is 79.3 Å². The van der Waals surface area contributed by atoms with Crippen molar-refractivity contribution >= 4 is 11.6 Å². The zero-order valence-electron chi connectivity index (χ0n) is 9.53. The maximum absolute atomic E-state index is 13.3. The van der Waals surface area contributed by atoms with Crippen molar-refractivity contribution in [3.63, 3.8) is 0 Å². The number of anilines is 1. The molecule has 0 radical (unpaired) electrons. The monoisotopic (exact) mass is 237 g/mol. The molecular weight excluding hydrogens is 225 g/mol. The molecule has 5 nitrogen and oxygen atoms in total. The smallest absolute Gasteiger partial charge is 0.259 e. The normalized spacial score (nSPS) is 9.53. The third kappa shape index (κ3) is 3.08. The maximum atomic E-state index is 13.3. The molecule has 1 rings (SSSR count). The van der Waals surface area contributed by atoms with Crippen molar-refractivity contribution in [1.29, 1.82) is 5.26 Å². The van der Waals surface area contributed by atoms with Crippen LogP contribution in [0.5, 0.6) is 5.75 Å². The van der Waals surface area contributed by atoms with E-state index in [0.29, 0.717) is 0 Å². The van der Waals surface area contributed by atoms with E-state index in [1.807, 2.05) is 0 Å². The Morgan fingerprint density at radius 2 is 2.24 bits per heavy atom. The van der Waals surface area contributed by atoms with Gasteiger partial charge < -0.3 is 15.4 Å². The van der Waals surface area contributed by atoms with Crippen LogP contribution in [0.25, 0.3) is 0 Å². The third-order valence-electron chi connectivity index (χ3n) is 2.08. The number of carbonyl (C=O) groups is 1. The molecule has 0 fully saturated rings. The summed E-state index contributed by atoms with van der Waals surface area (Å²) in [6.45, 7) is -0.221. The van der Waals surface area contributed by atoms with Crippen molar-refractivity contribution < 1.29 is 13.9 Å². The predicted molar refractivity (Wildman–Crippen MR) is 59.7 cm³/mol. The van der Waals surface area contributed by atoms with Gasteiger partial charge in [0.15, 0.2) is 12.4 Å². The number of halogens is 1. The van der Waals surface area contributed by atoms with Crippen LogP contribution in [0.4, 0.5) is 10.1 Å². The van der Waals surface area contributed by atoms with E-state index in [1.165, 1.54) is 11.0 Å². The fourth-order valence-corrected chi connectivity index (χ4v) is 1.04. The Balaban J connectivity index is 2.84. The first-order valence-corrected chi connectivity index (χ1v) is 4.77. The summed E-state index contributed by atoms with van der Waals surface area (Å²) < 4.78 is 18.3. The summed E-state index contributed by atoms with van der Waals surface area (Å²) in [4.78, 5) is 12.6. The van der Waals surface area contributed by atoms with E-state index in [9.17, 15) is 9.18 Å². The number of amides is 1. The average Bonchev–Trinajstić information content (AvgIpc) is 2.29. The molecule has 1 amide bonds. The van der Waals surface area contributed by atoms with Gasteiger partial charge in [-0.1, -0.05) is 0 Å². The number of nitrogens with zero attached hydrogens (tertiary/aromatic N) is 2. The van der Waals surface area contributed by atoms with Crippen molar-refractivity contribution in [2.24, 2.45) is 0 Å². The second-order valence-corrected chi connectivity index (χ2v) is 3.55. The first-order chi connectivity index (χ1) is 7.95. The Morgan fingerprint density at radius 1 is 1.59 bits per heavy atom. The standard InChI is InChI=1S/C11H12FN3O2/c1-15(2)10(16)6-17-8-3-7(5-13)11(14)9(12)4-8/h3-4H,6,14H2,1-2H3. The van der Waals surface area contributed by atoms with E-state index in [-0.39, 0.29) is 29.5 Å². The molecule has 2 N–H and O–H groups in total. The largest absolute Gasteiger partial charge is 0.484 e. The van der Waals surface area contributed by atoms with Gasteiger partial charge in [0.05, 0.1) is 11.3 Å². The first-order valence-electron chi connectivity index (χ1n) is 4.77. The van der Waals surface area contributed by atoms with Crippen LogP contribution in [0, 0.1) is 17.1 Å². The van der Waals surface area contributed by atoms with Gasteiger partial charge in [-0.25, -0.2) is 4.39 Å². The quantitative estimate of drug-likeness (QED) is 0.786. The molecule has 1 aromatic carbocycles. The lowest BCUT2D eigenvalue weighted by Gasteiger charge is -2.12. The molecule has 0 saturated carbocycles. The number of hydrogen-bond donors (Lipinski definition) is 1. The molecule has 0 aliphatic carbocycles. The molecule has 1 aromatic rings. The van der Waals surface area contributed by atoms with E-state index in [2.05, 4.69) is 0 Å². The molecule has 0 heterocycles. The summed E-state index contributed by atoms with van der Waals surface area (Å²) >= 11 is 0. The first kappa shape index (κ1) is 12.8. The van der Waals surface area contributed by atoms with Crippen LogP contribution in [-0.2, 0) is 4.79 Å². The zero-order chi connectivity index (χ0) is 13.0. The number of likely N-dealkylation sites (N-methyl/N-ethyl adjacent to an activating group) is 1. The summed E-state index contributed by atoms with van der Waals surface area (Å²) in [6, 6.07) is 4.08. The minimum absolute atomic E-state index is 0.0164. The number of benzene rings is 1. The molecule has 0 spiro atoms. The summed E-state index contributed by atoms with van der Waals surface area (Å²) in [5, 5.41) is 8.71. The number of carbonyl (C=O) groups excluding carboxylic acids is 1. The van der Waals surface area contributed by atoms with Crippen LogP contribution in [0.2, 0.25) is 0 Å². The second kappa shape index (κ2) is 5.16. The molecule has 0 unspecified atom stereocenters. The van der Waals surface area contributed by atoms with E-state index in [1.54, 1.807) is 20.2 Å². The summed E-state index contributed by atoms with van der Waals surface area (Å²) in [6.07, 6.45) is 0. The SMILES string of the molecule is CN(C)C(=O)COc1cc(F)c(N)c(C#N)c1. The van der Waals surface area contributed by atoms with Crippen LogP contribution in [-0.4, -0.2) is 31.5 Å². The molecule has 6 heteroatoms. The lowest BCUT2D eigenvalue weighted by Crippen LogP contribution is -2.27. The molecule has 90 valence electrons. The number of ether oxygens (including phenoxy) is 1. The van der Waals surface area contributed by atoms with Crippen molar-refractivity contribution in [3.8, 4) is 11.8 Å². The minimum atomic E-state index is -0.739. The molecule has 0 bridgehead atoms. The summed E-state index contributed by atoms with van der Waals surface area (Å²) in [5.41, 5.74) is 5.10. The Hall–Kier alpha value is -2.29.